The molecule has 0 bridgehead atoms. The molecule has 1 atom stereocenters. The second-order valence-corrected chi connectivity index (χ2v) is 6.74. The Balaban J connectivity index is 1.88. The molecule has 7 nitrogen and oxygen atoms in total. The molecule has 2 aliphatic rings. The smallest absolute Gasteiger partial charge is 0.230 e. The van der Waals surface area contributed by atoms with Crippen LogP contribution in [-0.2, 0) is 19.1 Å². The Kier molecular flexibility index (Phi) is 4.75. The van der Waals surface area contributed by atoms with Crippen LogP contribution in [0.3, 0.4) is 0 Å². The lowest BCUT2D eigenvalue weighted by Crippen LogP contribution is -2.63. The number of carbonyl (C=O) groups excluding carboxylic acids is 3. The fraction of sp³-hybridized carbons (Fsp3) is 0.800. The first-order valence-corrected chi connectivity index (χ1v) is 7.59. The molecule has 2 saturated heterocycles. The summed E-state index contributed by atoms with van der Waals surface area (Å²) in [6.45, 7) is 5.61. The minimum absolute atomic E-state index is 0.00171. The monoisotopic (exact) mass is 311 g/mol. The quantitative estimate of drug-likeness (QED) is 0.740. The van der Waals surface area contributed by atoms with Crippen molar-refractivity contribution in [2.24, 2.45) is 11.3 Å². The number of methoxy groups -OCH3 is 1. The van der Waals surface area contributed by atoms with Crippen molar-refractivity contribution in [2.45, 2.75) is 26.3 Å². The van der Waals surface area contributed by atoms with Crippen molar-refractivity contribution in [3.63, 3.8) is 0 Å². The number of likely N-dealkylation sites (tertiary alicyclic amines) is 2. The topological polar surface area (TPSA) is 79.0 Å². The summed E-state index contributed by atoms with van der Waals surface area (Å²) in [5.41, 5.74) is -0.556. The number of nitrogens with one attached hydrogen (secondary N) is 1. The molecule has 3 amide bonds. The lowest BCUT2D eigenvalue weighted by Gasteiger charge is -2.46. The van der Waals surface area contributed by atoms with Gasteiger partial charge in [0.1, 0.15) is 0 Å². The van der Waals surface area contributed by atoms with Crippen LogP contribution in [0.2, 0.25) is 0 Å². The largest absolute Gasteiger partial charge is 0.384 e. The van der Waals surface area contributed by atoms with Crippen LogP contribution < -0.4 is 5.32 Å². The zero-order chi connectivity index (χ0) is 16.5. The Morgan fingerprint density at radius 2 is 1.95 bits per heavy atom. The molecule has 0 aliphatic carbocycles. The van der Waals surface area contributed by atoms with E-state index in [1.807, 2.05) is 13.8 Å². The molecule has 0 saturated carbocycles. The van der Waals surface area contributed by atoms with Crippen molar-refractivity contribution < 1.29 is 19.1 Å². The van der Waals surface area contributed by atoms with Gasteiger partial charge in [0.05, 0.1) is 24.0 Å². The molecule has 0 radical (unpaired) electrons. The van der Waals surface area contributed by atoms with E-state index < -0.39 is 5.41 Å². The van der Waals surface area contributed by atoms with E-state index in [0.29, 0.717) is 26.2 Å². The highest BCUT2D eigenvalue weighted by Gasteiger charge is 2.45. The van der Waals surface area contributed by atoms with Crippen molar-refractivity contribution in [3.8, 4) is 0 Å². The minimum atomic E-state index is -0.556. The molecule has 2 fully saturated rings. The molecule has 2 heterocycles. The van der Waals surface area contributed by atoms with E-state index in [0.717, 1.165) is 0 Å². The van der Waals surface area contributed by atoms with Gasteiger partial charge in [-0.2, -0.15) is 0 Å². The van der Waals surface area contributed by atoms with Gasteiger partial charge in [-0.25, -0.2) is 0 Å². The highest BCUT2D eigenvalue weighted by atomic mass is 16.5. The van der Waals surface area contributed by atoms with Gasteiger partial charge < -0.3 is 19.9 Å². The molecule has 124 valence electrons. The zero-order valence-corrected chi connectivity index (χ0v) is 13.7. The van der Waals surface area contributed by atoms with Gasteiger partial charge >= 0.3 is 0 Å². The minimum Gasteiger partial charge on any atom is -0.384 e. The predicted molar refractivity (Wildman–Crippen MR) is 79.9 cm³/mol. The predicted octanol–water partition coefficient (Wildman–Crippen LogP) is -0.536. The average molecular weight is 311 g/mol. The average Bonchev–Trinajstić information content (AvgIpc) is 2.78. The fourth-order valence-corrected chi connectivity index (χ4v) is 3.13. The van der Waals surface area contributed by atoms with Crippen molar-refractivity contribution >= 4 is 17.7 Å². The Bertz CT molecular complexity index is 471. The van der Waals surface area contributed by atoms with Crippen molar-refractivity contribution in [2.75, 3.05) is 40.4 Å². The second kappa shape index (κ2) is 6.24. The van der Waals surface area contributed by atoms with Crippen LogP contribution in [0.5, 0.6) is 0 Å². The number of rotatable bonds is 5. The molecule has 0 aromatic carbocycles. The molecule has 1 N–H and O–H groups in total. The van der Waals surface area contributed by atoms with Gasteiger partial charge in [0.25, 0.3) is 0 Å². The third kappa shape index (κ3) is 3.09. The number of hydrogen-bond donors (Lipinski definition) is 1. The molecular weight excluding hydrogens is 286 g/mol. The summed E-state index contributed by atoms with van der Waals surface area (Å²) in [4.78, 5) is 39.6. The Morgan fingerprint density at radius 3 is 2.50 bits per heavy atom. The van der Waals surface area contributed by atoms with Gasteiger partial charge in [-0.05, 0) is 13.8 Å². The van der Waals surface area contributed by atoms with E-state index >= 15 is 0 Å². The third-order valence-corrected chi connectivity index (χ3v) is 4.45. The number of hydrogen-bond acceptors (Lipinski definition) is 4. The summed E-state index contributed by atoms with van der Waals surface area (Å²) in [5, 5.41) is 2.59. The maximum atomic E-state index is 12.4. The Morgan fingerprint density at radius 1 is 1.32 bits per heavy atom. The fourth-order valence-electron chi connectivity index (χ4n) is 3.13. The summed E-state index contributed by atoms with van der Waals surface area (Å²) in [6.07, 6.45) is 0.263. The SMILES string of the molecule is CNC(=O)C1CC(=O)N(C2CN(C(=O)C(C)(C)COC)C2)C1. The lowest BCUT2D eigenvalue weighted by molar-refractivity contribution is -0.153. The third-order valence-electron chi connectivity index (χ3n) is 4.45. The number of ether oxygens (including phenoxy) is 1. The Labute approximate surface area is 131 Å². The number of carbonyl (C=O) groups is 3. The van der Waals surface area contributed by atoms with Gasteiger partial charge in [-0.1, -0.05) is 0 Å². The van der Waals surface area contributed by atoms with Crippen LogP contribution in [0, 0.1) is 11.3 Å². The molecule has 0 spiro atoms. The van der Waals surface area contributed by atoms with E-state index in [-0.39, 0.29) is 36.1 Å². The highest BCUT2D eigenvalue weighted by molar-refractivity contribution is 5.89. The molecular formula is C15H25N3O4. The van der Waals surface area contributed by atoms with Crippen LogP contribution in [0.1, 0.15) is 20.3 Å². The van der Waals surface area contributed by atoms with Crippen LogP contribution in [0.25, 0.3) is 0 Å². The summed E-state index contributed by atoms with van der Waals surface area (Å²) in [7, 11) is 3.16. The van der Waals surface area contributed by atoms with E-state index in [9.17, 15) is 14.4 Å². The summed E-state index contributed by atoms with van der Waals surface area (Å²) in [5.74, 6) is -0.321. The highest BCUT2D eigenvalue weighted by Crippen LogP contribution is 2.28. The maximum absolute atomic E-state index is 12.4. The van der Waals surface area contributed by atoms with Crippen LogP contribution in [0.4, 0.5) is 0 Å². The van der Waals surface area contributed by atoms with Crippen molar-refractivity contribution in [3.05, 3.63) is 0 Å². The van der Waals surface area contributed by atoms with E-state index in [2.05, 4.69) is 5.32 Å². The van der Waals surface area contributed by atoms with Gasteiger partial charge in [-0.3, -0.25) is 14.4 Å². The number of amides is 3. The first-order valence-electron chi connectivity index (χ1n) is 7.59. The standard InChI is InChI=1S/C15H25N3O4/c1-15(2,9-22-4)14(21)17-7-11(8-17)18-6-10(5-12(18)19)13(20)16-3/h10-11H,5-9H2,1-4H3,(H,16,20). The first kappa shape index (κ1) is 16.7. The molecule has 0 aromatic heterocycles. The zero-order valence-electron chi connectivity index (χ0n) is 13.7. The van der Waals surface area contributed by atoms with Crippen molar-refractivity contribution in [1.29, 1.82) is 0 Å². The van der Waals surface area contributed by atoms with Crippen LogP contribution >= 0.6 is 0 Å². The van der Waals surface area contributed by atoms with Crippen LogP contribution in [0.15, 0.2) is 0 Å². The van der Waals surface area contributed by atoms with E-state index in [1.54, 1.807) is 24.0 Å². The van der Waals surface area contributed by atoms with Gasteiger partial charge in [0.2, 0.25) is 17.7 Å². The number of nitrogens with zero attached hydrogens (tertiary/aromatic N) is 2. The van der Waals surface area contributed by atoms with Gasteiger partial charge in [0, 0.05) is 40.2 Å². The Hall–Kier alpha value is -1.63. The molecule has 22 heavy (non-hydrogen) atoms. The molecule has 0 aromatic rings. The molecule has 1 unspecified atom stereocenters. The molecule has 2 rings (SSSR count). The lowest BCUT2D eigenvalue weighted by atomic mass is 9.90. The first-order chi connectivity index (χ1) is 10.3. The summed E-state index contributed by atoms with van der Waals surface area (Å²) in [6, 6.07) is 0.0319. The second-order valence-electron chi connectivity index (χ2n) is 6.74. The summed E-state index contributed by atoms with van der Waals surface area (Å²) >= 11 is 0. The van der Waals surface area contributed by atoms with Gasteiger partial charge in [0.15, 0.2) is 0 Å². The normalized spacial score (nSPS) is 22.7. The van der Waals surface area contributed by atoms with Gasteiger partial charge in [-0.15, -0.1) is 0 Å². The molecule has 7 heteroatoms. The van der Waals surface area contributed by atoms with Crippen LogP contribution in [-0.4, -0.2) is 74.0 Å². The molecule has 2 aliphatic heterocycles. The maximum Gasteiger partial charge on any atom is 0.230 e. The van der Waals surface area contributed by atoms with E-state index in [1.165, 1.54) is 0 Å². The van der Waals surface area contributed by atoms with E-state index in [4.69, 9.17) is 4.74 Å². The summed E-state index contributed by atoms with van der Waals surface area (Å²) < 4.78 is 5.09. The van der Waals surface area contributed by atoms with Crippen molar-refractivity contribution in [1.82, 2.24) is 15.1 Å².